The average Bonchev–Trinajstić information content (AvgIpc) is 3.22. The van der Waals surface area contributed by atoms with Gasteiger partial charge in [-0.05, 0) is 66.0 Å². The van der Waals surface area contributed by atoms with Crippen LogP contribution in [0.1, 0.15) is 18.4 Å². The molecule has 5 nitrogen and oxygen atoms in total. The van der Waals surface area contributed by atoms with Gasteiger partial charge in [-0.2, -0.15) is 5.26 Å². The number of carbonyl (C=O) groups is 1. The normalized spacial score (nSPS) is 17.9. The summed E-state index contributed by atoms with van der Waals surface area (Å²) in [5.74, 6) is -1.18. The number of nitriles is 1. The second-order valence-corrected chi connectivity index (χ2v) is 8.23. The van der Waals surface area contributed by atoms with E-state index in [0.29, 0.717) is 24.7 Å². The minimum Gasteiger partial charge on any atom is -0.378 e. The van der Waals surface area contributed by atoms with E-state index >= 15 is 0 Å². The van der Waals surface area contributed by atoms with Crippen LogP contribution in [-0.4, -0.2) is 37.1 Å². The van der Waals surface area contributed by atoms with Gasteiger partial charge in [0.15, 0.2) is 0 Å². The Morgan fingerprint density at radius 3 is 2.55 bits per heavy atom. The molecule has 1 saturated heterocycles. The van der Waals surface area contributed by atoms with E-state index in [1.165, 1.54) is 12.1 Å². The Morgan fingerprint density at radius 1 is 1.12 bits per heavy atom. The summed E-state index contributed by atoms with van der Waals surface area (Å²) in [7, 11) is 0. The fourth-order valence-electron chi connectivity index (χ4n) is 4.02. The summed E-state index contributed by atoms with van der Waals surface area (Å²) in [5.41, 5.74) is 4.09. The third kappa shape index (κ3) is 5.51. The van der Waals surface area contributed by atoms with Crippen molar-refractivity contribution in [3.63, 3.8) is 0 Å². The van der Waals surface area contributed by atoms with Crippen molar-refractivity contribution in [2.75, 3.05) is 31.6 Å². The zero-order valence-electron chi connectivity index (χ0n) is 18.0. The van der Waals surface area contributed by atoms with E-state index in [4.69, 9.17) is 16.3 Å². The van der Waals surface area contributed by atoms with Crippen molar-refractivity contribution < 1.29 is 13.9 Å². The van der Waals surface area contributed by atoms with Crippen LogP contribution in [0.5, 0.6) is 0 Å². The van der Waals surface area contributed by atoms with Gasteiger partial charge in [-0.15, -0.1) is 0 Å². The van der Waals surface area contributed by atoms with Crippen molar-refractivity contribution in [1.29, 1.82) is 5.26 Å². The van der Waals surface area contributed by atoms with Crippen LogP contribution in [0.3, 0.4) is 0 Å². The van der Waals surface area contributed by atoms with Crippen molar-refractivity contribution in [2.45, 2.75) is 12.8 Å². The van der Waals surface area contributed by atoms with Crippen LogP contribution in [-0.2, 0) is 9.53 Å². The highest BCUT2D eigenvalue weighted by Gasteiger charge is 2.26. The number of morpholine rings is 1. The van der Waals surface area contributed by atoms with E-state index < -0.39 is 11.7 Å². The van der Waals surface area contributed by atoms with E-state index in [0.717, 1.165) is 41.9 Å². The molecule has 2 aliphatic rings. The van der Waals surface area contributed by atoms with Gasteiger partial charge in [-0.1, -0.05) is 35.9 Å². The Labute approximate surface area is 197 Å². The molecule has 2 aromatic carbocycles. The Kier molecular flexibility index (Phi) is 7.23. The Morgan fingerprint density at radius 2 is 1.85 bits per heavy atom. The first kappa shape index (κ1) is 22.8. The Hall–Kier alpha value is -3.40. The topological polar surface area (TPSA) is 65.4 Å². The van der Waals surface area contributed by atoms with Crippen molar-refractivity contribution in [2.24, 2.45) is 0 Å². The number of hydrogen-bond acceptors (Lipinski definition) is 4. The number of hydrogen-bond donors (Lipinski definition) is 1. The molecule has 0 unspecified atom stereocenters. The number of anilines is 1. The number of halogens is 2. The summed E-state index contributed by atoms with van der Waals surface area (Å²) < 4.78 is 19.5. The van der Waals surface area contributed by atoms with Gasteiger partial charge in [0.1, 0.15) is 17.5 Å². The fraction of sp³-hybridized carbons (Fsp3) is 0.231. The van der Waals surface area contributed by atoms with Crippen molar-refractivity contribution in [3.8, 4) is 6.07 Å². The minimum atomic E-state index is -0.633. The molecule has 0 bridgehead atoms. The molecule has 0 aromatic heterocycles. The average molecular weight is 464 g/mol. The summed E-state index contributed by atoms with van der Waals surface area (Å²) in [6.45, 7) is 2.70. The molecule has 1 fully saturated rings. The quantitative estimate of drug-likeness (QED) is 0.480. The van der Waals surface area contributed by atoms with Crippen molar-refractivity contribution >= 4 is 29.3 Å². The lowest BCUT2D eigenvalue weighted by Crippen LogP contribution is -2.36. The largest absolute Gasteiger partial charge is 0.378 e. The summed E-state index contributed by atoms with van der Waals surface area (Å²) in [6, 6.07) is 15.5. The van der Waals surface area contributed by atoms with Crippen LogP contribution in [0.25, 0.3) is 6.08 Å². The lowest BCUT2D eigenvalue weighted by atomic mass is 10.1. The molecule has 0 radical (unpaired) electrons. The lowest BCUT2D eigenvalue weighted by Gasteiger charge is -2.31. The van der Waals surface area contributed by atoms with Gasteiger partial charge in [-0.25, -0.2) is 4.39 Å². The first-order valence-corrected chi connectivity index (χ1v) is 11.1. The van der Waals surface area contributed by atoms with E-state index in [1.54, 1.807) is 18.2 Å². The summed E-state index contributed by atoms with van der Waals surface area (Å²) in [6.07, 6.45) is 5.23. The Bertz CT molecular complexity index is 1170. The monoisotopic (exact) mass is 463 g/mol. The summed E-state index contributed by atoms with van der Waals surface area (Å²) in [5, 5.41) is 12.8. The smallest absolute Gasteiger partial charge is 0.266 e. The van der Waals surface area contributed by atoms with Crippen LogP contribution in [0.4, 0.5) is 10.1 Å². The van der Waals surface area contributed by atoms with Gasteiger partial charge < -0.3 is 15.0 Å². The maximum Gasteiger partial charge on any atom is 0.266 e. The maximum atomic E-state index is 13.9. The number of para-hydroxylation sites is 1. The summed E-state index contributed by atoms with van der Waals surface area (Å²) in [4.78, 5) is 15.0. The molecule has 1 aliphatic heterocycles. The Balaban J connectivity index is 1.68. The number of ether oxygens (including phenoxy) is 1. The van der Waals surface area contributed by atoms with Gasteiger partial charge in [-0.3, -0.25) is 4.79 Å². The molecule has 168 valence electrons. The van der Waals surface area contributed by atoms with Gasteiger partial charge >= 0.3 is 0 Å². The molecule has 1 heterocycles. The molecule has 1 aliphatic carbocycles. The van der Waals surface area contributed by atoms with Crippen molar-refractivity contribution in [3.05, 3.63) is 93.4 Å². The molecule has 0 saturated carbocycles. The maximum absolute atomic E-state index is 13.9. The number of benzene rings is 2. The third-order valence-corrected chi connectivity index (χ3v) is 5.87. The number of rotatable bonds is 5. The second kappa shape index (κ2) is 10.5. The molecule has 7 heteroatoms. The zero-order valence-corrected chi connectivity index (χ0v) is 18.7. The highest BCUT2D eigenvalue weighted by Crippen LogP contribution is 2.37. The molecule has 0 atom stereocenters. The van der Waals surface area contributed by atoms with Crippen LogP contribution in [0.2, 0.25) is 5.02 Å². The highest BCUT2D eigenvalue weighted by atomic mass is 35.5. The molecule has 0 spiro atoms. The van der Waals surface area contributed by atoms with Crippen molar-refractivity contribution in [1.82, 2.24) is 4.90 Å². The predicted octanol–water partition coefficient (Wildman–Crippen LogP) is 5.33. The first-order valence-electron chi connectivity index (χ1n) is 10.7. The van der Waals surface area contributed by atoms with Gasteiger partial charge in [0.25, 0.3) is 5.91 Å². The van der Waals surface area contributed by atoms with E-state index in [-0.39, 0.29) is 11.3 Å². The van der Waals surface area contributed by atoms with Crippen LogP contribution in [0, 0.1) is 17.1 Å². The molecule has 2 aromatic rings. The van der Waals surface area contributed by atoms with Crippen LogP contribution < -0.4 is 5.32 Å². The number of allylic oxidation sites excluding steroid dienone is 3. The highest BCUT2D eigenvalue weighted by molar-refractivity contribution is 6.30. The summed E-state index contributed by atoms with van der Waals surface area (Å²) >= 11 is 6.02. The molecule has 33 heavy (non-hydrogen) atoms. The number of carbonyl (C=O) groups excluding carboxylic acids is 1. The minimum absolute atomic E-state index is 0.0424. The zero-order chi connectivity index (χ0) is 23.2. The standard InChI is InChI=1S/C26H23ClFN3O2/c27-22-9-5-18(6-10-22)15-19-7-8-20(25(19)31-11-13-33-14-12-31)16-21(17-29)26(32)30-24-4-2-1-3-23(24)28/h1-6,9-10,15-16H,7-8,11-14H2,(H,30,32)/b19-15-,21-16+. The molecule has 1 amide bonds. The van der Waals surface area contributed by atoms with Crippen LogP contribution >= 0.6 is 11.6 Å². The first-order chi connectivity index (χ1) is 16.0. The predicted molar refractivity (Wildman–Crippen MR) is 127 cm³/mol. The molecule has 4 rings (SSSR count). The number of nitrogens with zero attached hydrogens (tertiary/aromatic N) is 2. The lowest BCUT2D eigenvalue weighted by molar-refractivity contribution is -0.112. The SMILES string of the molecule is N#C/C(=C\C1=C(N2CCOCC2)C(=C\c2ccc(Cl)cc2)/CC1)C(=O)Nc1ccccc1F. The van der Waals surface area contributed by atoms with Crippen LogP contribution in [0.15, 0.2) is 77.0 Å². The molecule has 1 N–H and O–H groups in total. The van der Waals surface area contributed by atoms with Gasteiger partial charge in [0.05, 0.1) is 18.9 Å². The van der Waals surface area contributed by atoms with E-state index in [2.05, 4.69) is 16.3 Å². The molecular formula is C26H23ClFN3O2. The third-order valence-electron chi connectivity index (χ3n) is 5.62. The second-order valence-electron chi connectivity index (χ2n) is 7.80. The van der Waals surface area contributed by atoms with E-state index in [9.17, 15) is 14.4 Å². The number of nitrogens with one attached hydrogen (secondary N) is 1. The molecular weight excluding hydrogens is 441 g/mol. The fourth-order valence-corrected chi connectivity index (χ4v) is 4.15. The van der Waals surface area contributed by atoms with E-state index in [1.807, 2.05) is 30.3 Å². The van der Waals surface area contributed by atoms with Gasteiger partial charge in [0.2, 0.25) is 0 Å². The van der Waals surface area contributed by atoms with Gasteiger partial charge in [0, 0.05) is 23.8 Å². The number of amides is 1.